The predicted octanol–water partition coefficient (Wildman–Crippen LogP) is 2.88. The summed E-state index contributed by atoms with van der Waals surface area (Å²) in [5, 5.41) is 2.96. The summed E-state index contributed by atoms with van der Waals surface area (Å²) in [6, 6.07) is -0.380. The minimum atomic E-state index is -0.698. The van der Waals surface area contributed by atoms with E-state index < -0.39 is 5.54 Å². The van der Waals surface area contributed by atoms with E-state index in [0.29, 0.717) is 31.7 Å². The Morgan fingerprint density at radius 2 is 1.86 bits per heavy atom. The van der Waals surface area contributed by atoms with E-state index in [2.05, 4.69) is 19.2 Å². The van der Waals surface area contributed by atoms with E-state index >= 15 is 0 Å². The van der Waals surface area contributed by atoms with E-state index in [1.54, 1.807) is 4.90 Å². The molecule has 4 heteroatoms. The number of carbonyl (C=O) groups excluding carboxylic acids is 2. The van der Waals surface area contributed by atoms with Crippen molar-refractivity contribution in [2.24, 2.45) is 5.92 Å². The van der Waals surface area contributed by atoms with Crippen LogP contribution in [0.5, 0.6) is 0 Å². The van der Waals surface area contributed by atoms with Crippen molar-refractivity contribution in [1.29, 1.82) is 0 Å². The molecule has 1 saturated heterocycles. The fraction of sp³-hybridized carbons (Fsp3) is 0.765. The molecule has 1 rings (SSSR count). The molecule has 1 atom stereocenters. The highest BCUT2D eigenvalue weighted by Gasteiger charge is 2.49. The van der Waals surface area contributed by atoms with Gasteiger partial charge in [-0.25, -0.2) is 0 Å². The molecule has 21 heavy (non-hydrogen) atoms. The van der Waals surface area contributed by atoms with Crippen molar-refractivity contribution in [2.45, 2.75) is 72.4 Å². The molecule has 4 nitrogen and oxygen atoms in total. The van der Waals surface area contributed by atoms with Gasteiger partial charge in [0, 0.05) is 6.54 Å². The number of nitrogens with one attached hydrogen (secondary N) is 1. The van der Waals surface area contributed by atoms with Gasteiger partial charge in [0.1, 0.15) is 11.6 Å². The lowest BCUT2D eigenvalue weighted by molar-refractivity contribution is -0.157. The van der Waals surface area contributed by atoms with Crippen LogP contribution in [0.2, 0.25) is 0 Å². The monoisotopic (exact) mass is 294 g/mol. The first-order valence-corrected chi connectivity index (χ1v) is 8.04. The third-order valence-electron chi connectivity index (χ3n) is 4.37. The smallest absolute Gasteiger partial charge is 0.246 e. The molecule has 0 spiro atoms. The van der Waals surface area contributed by atoms with Gasteiger partial charge < -0.3 is 10.2 Å². The lowest BCUT2D eigenvalue weighted by Crippen LogP contribution is -2.70. The van der Waals surface area contributed by atoms with Crippen molar-refractivity contribution in [3.63, 3.8) is 0 Å². The zero-order valence-corrected chi connectivity index (χ0v) is 14.3. The van der Waals surface area contributed by atoms with Crippen LogP contribution in [-0.2, 0) is 9.59 Å². The number of amides is 2. The lowest BCUT2D eigenvalue weighted by Gasteiger charge is -2.47. The first kappa shape index (κ1) is 17.7. The molecule has 0 aliphatic carbocycles. The number of hydrogen-bond donors (Lipinski definition) is 1. The van der Waals surface area contributed by atoms with Crippen LogP contribution in [-0.4, -0.2) is 34.8 Å². The highest BCUT2D eigenvalue weighted by molar-refractivity contribution is 5.99. The fourth-order valence-electron chi connectivity index (χ4n) is 3.00. The Morgan fingerprint density at radius 1 is 1.29 bits per heavy atom. The molecule has 1 heterocycles. The SMILES string of the molecule is CCC1(CC)C(=O)NC(CC(C)C)C(=O)N1CC=C(C)C. The van der Waals surface area contributed by atoms with Crippen molar-refractivity contribution in [1.82, 2.24) is 10.2 Å². The van der Waals surface area contributed by atoms with Gasteiger partial charge in [0.25, 0.3) is 0 Å². The van der Waals surface area contributed by atoms with Gasteiger partial charge in [-0.3, -0.25) is 9.59 Å². The largest absolute Gasteiger partial charge is 0.342 e. The lowest BCUT2D eigenvalue weighted by atomic mass is 9.84. The molecular weight excluding hydrogens is 264 g/mol. The molecule has 1 fully saturated rings. The molecule has 2 amide bonds. The van der Waals surface area contributed by atoms with Gasteiger partial charge in [-0.05, 0) is 39.0 Å². The van der Waals surface area contributed by atoms with Crippen LogP contribution in [0, 0.1) is 5.92 Å². The third-order valence-corrected chi connectivity index (χ3v) is 4.37. The minimum Gasteiger partial charge on any atom is -0.342 e. The van der Waals surface area contributed by atoms with Crippen molar-refractivity contribution < 1.29 is 9.59 Å². The van der Waals surface area contributed by atoms with Crippen molar-refractivity contribution in [3.8, 4) is 0 Å². The second-order valence-corrected chi connectivity index (χ2v) is 6.62. The topological polar surface area (TPSA) is 49.4 Å². The summed E-state index contributed by atoms with van der Waals surface area (Å²) >= 11 is 0. The van der Waals surface area contributed by atoms with Gasteiger partial charge in [-0.2, -0.15) is 0 Å². The minimum absolute atomic E-state index is 0.0000869. The van der Waals surface area contributed by atoms with Crippen molar-refractivity contribution >= 4 is 11.8 Å². The second kappa shape index (κ2) is 7.10. The predicted molar refractivity (Wildman–Crippen MR) is 85.8 cm³/mol. The fourth-order valence-corrected chi connectivity index (χ4v) is 3.00. The summed E-state index contributed by atoms with van der Waals surface area (Å²) in [7, 11) is 0. The summed E-state index contributed by atoms with van der Waals surface area (Å²) in [5.41, 5.74) is 0.464. The van der Waals surface area contributed by atoms with Gasteiger partial charge in [0.15, 0.2) is 0 Å². The summed E-state index contributed by atoms with van der Waals surface area (Å²) < 4.78 is 0. The van der Waals surface area contributed by atoms with Crippen LogP contribution in [0.1, 0.15) is 60.8 Å². The van der Waals surface area contributed by atoms with Crippen LogP contribution < -0.4 is 5.32 Å². The number of allylic oxidation sites excluding steroid dienone is 1. The number of rotatable bonds is 6. The zero-order valence-electron chi connectivity index (χ0n) is 14.3. The van der Waals surface area contributed by atoms with E-state index in [4.69, 9.17) is 0 Å². The molecule has 1 unspecified atom stereocenters. The Labute approximate surface area is 129 Å². The first-order chi connectivity index (χ1) is 9.78. The highest BCUT2D eigenvalue weighted by atomic mass is 16.2. The first-order valence-electron chi connectivity index (χ1n) is 8.04. The second-order valence-electron chi connectivity index (χ2n) is 6.62. The Bertz CT molecular complexity index is 419. The summed E-state index contributed by atoms with van der Waals surface area (Å²) in [6.45, 7) is 12.6. The maximum Gasteiger partial charge on any atom is 0.246 e. The van der Waals surface area contributed by atoms with Gasteiger partial charge in [-0.15, -0.1) is 0 Å². The molecule has 0 saturated carbocycles. The van der Waals surface area contributed by atoms with Crippen LogP contribution in [0.4, 0.5) is 0 Å². The van der Waals surface area contributed by atoms with E-state index in [1.807, 2.05) is 33.8 Å². The van der Waals surface area contributed by atoms with Gasteiger partial charge >= 0.3 is 0 Å². The summed E-state index contributed by atoms with van der Waals surface area (Å²) in [6.07, 6.45) is 4.01. The number of piperazine rings is 1. The Kier molecular flexibility index (Phi) is 5.99. The normalized spacial score (nSPS) is 21.5. The summed E-state index contributed by atoms with van der Waals surface area (Å²) in [4.78, 5) is 27.3. The molecule has 0 radical (unpaired) electrons. The number of carbonyl (C=O) groups is 2. The highest BCUT2D eigenvalue weighted by Crippen LogP contribution is 2.30. The van der Waals surface area contributed by atoms with E-state index in [0.717, 1.165) is 5.57 Å². The maximum atomic E-state index is 12.8. The molecule has 1 N–H and O–H groups in total. The van der Waals surface area contributed by atoms with Gasteiger partial charge in [-0.1, -0.05) is 39.3 Å². The molecule has 1 aliphatic heterocycles. The Balaban J connectivity index is 3.13. The van der Waals surface area contributed by atoms with Crippen LogP contribution in [0.15, 0.2) is 11.6 Å². The average molecular weight is 294 g/mol. The quantitative estimate of drug-likeness (QED) is 0.766. The Morgan fingerprint density at radius 3 is 2.29 bits per heavy atom. The van der Waals surface area contributed by atoms with E-state index in [1.165, 1.54) is 0 Å². The molecule has 0 aromatic carbocycles. The molecule has 120 valence electrons. The van der Waals surface area contributed by atoms with E-state index in [9.17, 15) is 9.59 Å². The zero-order chi connectivity index (χ0) is 16.2. The van der Waals surface area contributed by atoms with Crippen molar-refractivity contribution in [3.05, 3.63) is 11.6 Å². The van der Waals surface area contributed by atoms with Gasteiger partial charge in [0.05, 0.1) is 0 Å². The third kappa shape index (κ3) is 3.66. The molecular formula is C17H30N2O2. The summed E-state index contributed by atoms with van der Waals surface area (Å²) in [5.74, 6) is 0.435. The standard InChI is InChI=1S/C17H30N2O2/c1-7-17(8-2)16(21)18-14(11-13(5)6)15(20)19(17)10-9-12(3)4/h9,13-14H,7-8,10-11H2,1-6H3,(H,18,21). The van der Waals surface area contributed by atoms with Gasteiger partial charge in [0.2, 0.25) is 11.8 Å². The number of hydrogen-bond acceptors (Lipinski definition) is 2. The molecule has 0 aromatic heterocycles. The van der Waals surface area contributed by atoms with Crippen LogP contribution in [0.25, 0.3) is 0 Å². The molecule has 0 bridgehead atoms. The van der Waals surface area contributed by atoms with E-state index in [-0.39, 0.29) is 17.9 Å². The average Bonchev–Trinajstić information content (AvgIpc) is 2.40. The molecule has 1 aliphatic rings. The van der Waals surface area contributed by atoms with Crippen molar-refractivity contribution in [2.75, 3.05) is 6.54 Å². The number of nitrogens with zero attached hydrogens (tertiary/aromatic N) is 1. The maximum absolute atomic E-state index is 12.8. The van der Waals surface area contributed by atoms with Crippen LogP contribution in [0.3, 0.4) is 0 Å². The Hall–Kier alpha value is -1.32. The van der Waals surface area contributed by atoms with Crippen LogP contribution >= 0.6 is 0 Å². The molecule has 0 aromatic rings.